The maximum Gasteiger partial charge on any atom is 0.229 e. The first-order chi connectivity index (χ1) is 7.54. The van der Waals surface area contributed by atoms with Crippen molar-refractivity contribution in [2.75, 3.05) is 6.54 Å². The van der Waals surface area contributed by atoms with Crippen LogP contribution in [0.2, 0.25) is 0 Å². The highest BCUT2D eigenvalue weighted by Crippen LogP contribution is 2.65. The Morgan fingerprint density at radius 1 is 1.56 bits per heavy atom. The van der Waals surface area contributed by atoms with E-state index >= 15 is 0 Å². The normalized spacial score (nSPS) is 34.9. The fourth-order valence-electron chi connectivity index (χ4n) is 2.90. The molecule has 3 heteroatoms. The molecule has 3 aliphatic rings. The molecule has 1 aliphatic heterocycles. The summed E-state index contributed by atoms with van der Waals surface area (Å²) < 4.78 is 0. The zero-order valence-corrected chi connectivity index (χ0v) is 9.56. The molecule has 0 radical (unpaired) electrons. The third-order valence-electron chi connectivity index (χ3n) is 3.91. The summed E-state index contributed by atoms with van der Waals surface area (Å²) in [4.78, 5) is 25.2. The number of amides is 1. The molecule has 1 saturated carbocycles. The summed E-state index contributed by atoms with van der Waals surface area (Å²) in [6.45, 7) is 4.60. The standard InChI is InChI=1S/C13H15NO2/c1-8(2)12(16)14-7-9-6-13(9)4-3-10(15)5-11(13)14/h3-5,8-9H,6-7H2,1-2H3/t9?,13-/m1/s1. The first-order valence-electron chi connectivity index (χ1n) is 5.81. The quantitative estimate of drug-likeness (QED) is 0.667. The monoisotopic (exact) mass is 217 g/mol. The van der Waals surface area contributed by atoms with E-state index in [0.29, 0.717) is 5.92 Å². The summed E-state index contributed by atoms with van der Waals surface area (Å²) in [6.07, 6.45) is 6.40. The van der Waals surface area contributed by atoms with Gasteiger partial charge in [-0.15, -0.1) is 0 Å². The van der Waals surface area contributed by atoms with E-state index < -0.39 is 0 Å². The number of hydrogen-bond donors (Lipinski definition) is 0. The van der Waals surface area contributed by atoms with Crippen LogP contribution in [-0.4, -0.2) is 23.1 Å². The number of allylic oxidation sites excluding steroid dienone is 3. The fourth-order valence-corrected chi connectivity index (χ4v) is 2.90. The van der Waals surface area contributed by atoms with Gasteiger partial charge in [0, 0.05) is 29.7 Å². The Labute approximate surface area is 94.8 Å². The van der Waals surface area contributed by atoms with Gasteiger partial charge in [0.25, 0.3) is 0 Å². The summed E-state index contributed by atoms with van der Waals surface area (Å²) in [7, 11) is 0. The number of rotatable bonds is 1. The Kier molecular flexibility index (Phi) is 1.74. The summed E-state index contributed by atoms with van der Waals surface area (Å²) in [5, 5.41) is 0. The van der Waals surface area contributed by atoms with Crippen molar-refractivity contribution >= 4 is 11.7 Å². The van der Waals surface area contributed by atoms with E-state index in [4.69, 9.17) is 0 Å². The maximum absolute atomic E-state index is 12.0. The molecule has 1 saturated heterocycles. The number of carbonyl (C=O) groups excluding carboxylic acids is 2. The van der Waals surface area contributed by atoms with Crippen LogP contribution in [0.1, 0.15) is 20.3 Å². The molecule has 2 atom stereocenters. The highest BCUT2D eigenvalue weighted by molar-refractivity contribution is 6.02. The maximum atomic E-state index is 12.0. The van der Waals surface area contributed by atoms with Gasteiger partial charge in [0.15, 0.2) is 5.78 Å². The van der Waals surface area contributed by atoms with Crippen molar-refractivity contribution in [3.05, 3.63) is 23.9 Å². The number of piperidine rings is 1. The highest BCUT2D eigenvalue weighted by Gasteiger charge is 2.63. The molecule has 3 nitrogen and oxygen atoms in total. The molecule has 1 heterocycles. The largest absolute Gasteiger partial charge is 0.315 e. The van der Waals surface area contributed by atoms with Gasteiger partial charge in [-0.2, -0.15) is 0 Å². The molecule has 0 aromatic carbocycles. The fraction of sp³-hybridized carbons (Fsp3) is 0.538. The van der Waals surface area contributed by atoms with E-state index in [1.807, 2.05) is 24.8 Å². The number of carbonyl (C=O) groups is 2. The first-order valence-corrected chi connectivity index (χ1v) is 5.81. The van der Waals surface area contributed by atoms with Gasteiger partial charge in [0.05, 0.1) is 0 Å². The van der Waals surface area contributed by atoms with Crippen LogP contribution in [0.5, 0.6) is 0 Å². The summed E-state index contributed by atoms with van der Waals surface area (Å²) in [6, 6.07) is 0. The van der Waals surface area contributed by atoms with Crippen molar-refractivity contribution in [3.63, 3.8) is 0 Å². The van der Waals surface area contributed by atoms with Crippen LogP contribution < -0.4 is 0 Å². The van der Waals surface area contributed by atoms with Crippen molar-refractivity contribution in [3.8, 4) is 0 Å². The third kappa shape index (κ3) is 1.09. The van der Waals surface area contributed by atoms with Crippen LogP contribution >= 0.6 is 0 Å². The van der Waals surface area contributed by atoms with Gasteiger partial charge in [0.2, 0.25) is 5.91 Å². The zero-order chi connectivity index (χ0) is 11.5. The van der Waals surface area contributed by atoms with Crippen LogP contribution in [0.3, 0.4) is 0 Å². The second-order valence-electron chi connectivity index (χ2n) is 5.31. The lowest BCUT2D eigenvalue weighted by Gasteiger charge is -2.26. The van der Waals surface area contributed by atoms with E-state index in [-0.39, 0.29) is 23.0 Å². The molecule has 0 N–H and O–H groups in total. The number of likely N-dealkylation sites (tertiary alicyclic amines) is 1. The molecule has 16 heavy (non-hydrogen) atoms. The number of nitrogens with zero attached hydrogens (tertiary/aromatic N) is 1. The molecule has 1 amide bonds. The number of ketones is 1. The van der Waals surface area contributed by atoms with Gasteiger partial charge < -0.3 is 4.90 Å². The molecule has 0 bridgehead atoms. The molecule has 1 spiro atoms. The van der Waals surface area contributed by atoms with Crippen molar-refractivity contribution in [2.24, 2.45) is 17.3 Å². The van der Waals surface area contributed by atoms with Crippen molar-refractivity contribution in [2.45, 2.75) is 20.3 Å². The Bertz CT molecular complexity index is 447. The predicted octanol–water partition coefficient (Wildman–Crippen LogP) is 1.51. The minimum absolute atomic E-state index is 0.00328. The van der Waals surface area contributed by atoms with Gasteiger partial charge in [-0.05, 0) is 18.4 Å². The Hall–Kier alpha value is -1.38. The van der Waals surface area contributed by atoms with Crippen molar-refractivity contribution in [1.82, 2.24) is 4.90 Å². The topological polar surface area (TPSA) is 37.4 Å². The van der Waals surface area contributed by atoms with E-state index in [1.54, 1.807) is 12.2 Å². The summed E-state index contributed by atoms with van der Waals surface area (Å²) in [5.74, 6) is 0.693. The van der Waals surface area contributed by atoms with Crippen molar-refractivity contribution < 1.29 is 9.59 Å². The summed E-state index contributed by atoms with van der Waals surface area (Å²) >= 11 is 0. The molecule has 1 unspecified atom stereocenters. The van der Waals surface area contributed by atoms with E-state index in [9.17, 15) is 9.59 Å². The van der Waals surface area contributed by atoms with Gasteiger partial charge in [-0.25, -0.2) is 0 Å². The van der Waals surface area contributed by atoms with E-state index in [0.717, 1.165) is 18.7 Å². The molecule has 3 rings (SSSR count). The average Bonchev–Trinajstić information content (AvgIpc) is 2.84. The molecule has 84 valence electrons. The first kappa shape index (κ1) is 9.82. The average molecular weight is 217 g/mol. The molecule has 2 aliphatic carbocycles. The van der Waals surface area contributed by atoms with Gasteiger partial charge in [-0.1, -0.05) is 19.9 Å². The smallest absolute Gasteiger partial charge is 0.229 e. The lowest BCUT2D eigenvalue weighted by molar-refractivity contribution is -0.132. The number of hydrogen-bond acceptors (Lipinski definition) is 2. The second-order valence-corrected chi connectivity index (χ2v) is 5.31. The van der Waals surface area contributed by atoms with Crippen molar-refractivity contribution in [1.29, 1.82) is 0 Å². The van der Waals surface area contributed by atoms with Crippen LogP contribution in [0, 0.1) is 17.3 Å². The molecule has 0 aromatic rings. The highest BCUT2D eigenvalue weighted by atomic mass is 16.2. The summed E-state index contributed by atoms with van der Waals surface area (Å²) in [5.41, 5.74) is 0.988. The lowest BCUT2D eigenvalue weighted by Crippen LogP contribution is -2.34. The van der Waals surface area contributed by atoms with E-state index in [2.05, 4.69) is 0 Å². The van der Waals surface area contributed by atoms with Crippen LogP contribution in [0.15, 0.2) is 23.9 Å². The van der Waals surface area contributed by atoms with E-state index in [1.165, 1.54) is 0 Å². The molecular formula is C13H15NO2. The zero-order valence-electron chi connectivity index (χ0n) is 9.56. The molecule has 2 fully saturated rings. The SMILES string of the molecule is CC(C)C(=O)N1CC2C[C@]23C=CC(=O)C=C13. The van der Waals surface area contributed by atoms with Gasteiger partial charge in [0.1, 0.15) is 0 Å². The molecular weight excluding hydrogens is 202 g/mol. The Morgan fingerprint density at radius 3 is 3.00 bits per heavy atom. The van der Waals surface area contributed by atoms with Gasteiger partial charge >= 0.3 is 0 Å². The van der Waals surface area contributed by atoms with Crippen LogP contribution in [0.25, 0.3) is 0 Å². The second kappa shape index (κ2) is 2.84. The van der Waals surface area contributed by atoms with Gasteiger partial charge in [-0.3, -0.25) is 9.59 Å². The minimum Gasteiger partial charge on any atom is -0.315 e. The third-order valence-corrected chi connectivity index (χ3v) is 3.91. The Morgan fingerprint density at radius 2 is 2.31 bits per heavy atom. The van der Waals surface area contributed by atoms with Crippen LogP contribution in [-0.2, 0) is 9.59 Å². The predicted molar refractivity (Wildman–Crippen MR) is 59.3 cm³/mol. The molecule has 0 aromatic heterocycles. The Balaban J connectivity index is 1.96. The minimum atomic E-state index is -0.00328. The van der Waals surface area contributed by atoms with Crippen LogP contribution in [0.4, 0.5) is 0 Å². The lowest BCUT2D eigenvalue weighted by atomic mass is 9.95.